The molecule has 2 heterocycles. The lowest BCUT2D eigenvalue weighted by atomic mass is 9.88. The molecule has 1 aromatic heterocycles. The van der Waals surface area contributed by atoms with Gasteiger partial charge in [-0.1, -0.05) is 29.8 Å². The summed E-state index contributed by atoms with van der Waals surface area (Å²) in [6.07, 6.45) is 2.98. The minimum atomic E-state index is -2.61. The van der Waals surface area contributed by atoms with Gasteiger partial charge >= 0.3 is 0 Å². The first-order valence-electron chi connectivity index (χ1n) is 9.93. The van der Waals surface area contributed by atoms with E-state index in [1.807, 2.05) is 48.7 Å². The van der Waals surface area contributed by atoms with E-state index in [2.05, 4.69) is 9.88 Å². The number of alkyl halides is 2. The fourth-order valence-corrected chi connectivity index (χ4v) is 4.33. The van der Waals surface area contributed by atoms with Crippen molar-refractivity contribution in [2.45, 2.75) is 31.7 Å². The Labute approximate surface area is 174 Å². The first-order chi connectivity index (χ1) is 13.9. The van der Waals surface area contributed by atoms with Crippen LogP contribution in [0.4, 0.5) is 8.78 Å². The standard InChI is InChI=1S/C23H25ClF2N2O/c1-29-20-7-3-16(4-8-20)2-5-18-15-28(11-10-23(18,25)26)14-17-13-27-22-12-19(24)6-9-21(17)22/h3-4,6-9,12-13,18,27H,2,5,10-11,14-15H2,1H3. The average Bonchev–Trinajstić information content (AvgIpc) is 3.10. The number of aryl methyl sites for hydroxylation is 1. The van der Waals surface area contributed by atoms with Crippen LogP contribution in [0.2, 0.25) is 5.02 Å². The Bertz CT molecular complexity index is 971. The van der Waals surface area contributed by atoms with Crippen LogP contribution in [-0.4, -0.2) is 36.0 Å². The fraction of sp³-hybridized carbons (Fsp3) is 0.391. The number of aromatic nitrogens is 1. The first-order valence-corrected chi connectivity index (χ1v) is 10.3. The molecule has 1 N–H and O–H groups in total. The van der Waals surface area contributed by atoms with Crippen LogP contribution in [-0.2, 0) is 13.0 Å². The maximum absolute atomic E-state index is 14.6. The van der Waals surface area contributed by atoms with Crippen LogP contribution in [0.5, 0.6) is 5.75 Å². The summed E-state index contributed by atoms with van der Waals surface area (Å²) in [6.45, 7) is 1.48. The highest BCUT2D eigenvalue weighted by Gasteiger charge is 2.43. The van der Waals surface area contributed by atoms with E-state index >= 15 is 0 Å². The van der Waals surface area contributed by atoms with Crippen LogP contribution in [0.15, 0.2) is 48.7 Å². The van der Waals surface area contributed by atoms with E-state index in [1.54, 1.807) is 7.11 Å². The number of hydrogen-bond donors (Lipinski definition) is 1. The Morgan fingerprint density at radius 1 is 1.21 bits per heavy atom. The Morgan fingerprint density at radius 3 is 2.76 bits per heavy atom. The Kier molecular flexibility index (Phi) is 5.79. The number of halogens is 3. The number of fused-ring (bicyclic) bond motifs is 1. The maximum Gasteiger partial charge on any atom is 0.253 e. The lowest BCUT2D eigenvalue weighted by molar-refractivity contribution is -0.109. The molecule has 1 aliphatic rings. The molecule has 0 saturated carbocycles. The van der Waals surface area contributed by atoms with Gasteiger partial charge in [0.15, 0.2) is 0 Å². The van der Waals surface area contributed by atoms with Crippen molar-refractivity contribution < 1.29 is 13.5 Å². The van der Waals surface area contributed by atoms with Crippen LogP contribution in [0.25, 0.3) is 10.9 Å². The predicted octanol–water partition coefficient (Wildman–Crippen LogP) is 5.92. The molecular weight excluding hydrogens is 394 g/mol. The van der Waals surface area contributed by atoms with Gasteiger partial charge in [-0.3, -0.25) is 4.90 Å². The molecule has 1 aliphatic heterocycles. The SMILES string of the molecule is COc1ccc(CCC2CN(Cc3c[nH]c4cc(Cl)ccc34)CCC2(F)F)cc1. The molecule has 29 heavy (non-hydrogen) atoms. The molecule has 0 bridgehead atoms. The smallest absolute Gasteiger partial charge is 0.253 e. The van der Waals surface area contributed by atoms with Gasteiger partial charge < -0.3 is 9.72 Å². The largest absolute Gasteiger partial charge is 0.497 e. The summed E-state index contributed by atoms with van der Waals surface area (Å²) < 4.78 is 34.3. The molecule has 4 rings (SSSR count). The minimum Gasteiger partial charge on any atom is -0.497 e. The van der Waals surface area contributed by atoms with E-state index in [1.165, 1.54) is 0 Å². The molecule has 1 atom stereocenters. The summed E-state index contributed by atoms with van der Waals surface area (Å²) in [5.41, 5.74) is 3.16. The number of hydrogen-bond acceptors (Lipinski definition) is 2. The fourth-order valence-electron chi connectivity index (χ4n) is 4.16. The van der Waals surface area contributed by atoms with Gasteiger partial charge in [0.05, 0.1) is 7.11 Å². The number of benzene rings is 2. The first kappa shape index (κ1) is 20.2. The summed E-state index contributed by atoms with van der Waals surface area (Å²) >= 11 is 6.05. The van der Waals surface area contributed by atoms with Gasteiger partial charge in [0.2, 0.25) is 0 Å². The van der Waals surface area contributed by atoms with Gasteiger partial charge in [-0.15, -0.1) is 0 Å². The molecule has 154 valence electrons. The zero-order valence-electron chi connectivity index (χ0n) is 16.4. The molecule has 3 nitrogen and oxygen atoms in total. The second-order valence-corrected chi connectivity index (χ2v) is 8.27. The molecule has 2 aromatic carbocycles. The van der Waals surface area contributed by atoms with E-state index in [-0.39, 0.29) is 6.42 Å². The molecular formula is C23H25ClF2N2O. The highest BCUT2D eigenvalue weighted by Crippen LogP contribution is 2.37. The maximum atomic E-state index is 14.6. The third-order valence-corrected chi connectivity index (χ3v) is 6.14. The molecule has 0 aliphatic carbocycles. The number of aromatic amines is 1. The van der Waals surface area contributed by atoms with Crippen molar-refractivity contribution in [3.05, 3.63) is 64.8 Å². The van der Waals surface area contributed by atoms with Crippen LogP contribution in [0.1, 0.15) is 24.0 Å². The molecule has 0 spiro atoms. The summed E-state index contributed by atoms with van der Waals surface area (Å²) in [4.78, 5) is 5.38. The predicted molar refractivity (Wildman–Crippen MR) is 113 cm³/mol. The summed E-state index contributed by atoms with van der Waals surface area (Å²) in [5.74, 6) is -2.47. The van der Waals surface area contributed by atoms with E-state index in [9.17, 15) is 8.78 Å². The zero-order valence-corrected chi connectivity index (χ0v) is 17.2. The van der Waals surface area contributed by atoms with Gasteiger partial charge in [-0.25, -0.2) is 8.78 Å². The Morgan fingerprint density at radius 2 is 2.00 bits per heavy atom. The normalized spacial score (nSPS) is 19.5. The van der Waals surface area contributed by atoms with Gasteiger partial charge in [0, 0.05) is 54.1 Å². The van der Waals surface area contributed by atoms with E-state index in [0.29, 0.717) is 37.5 Å². The van der Waals surface area contributed by atoms with Crippen LogP contribution in [0.3, 0.4) is 0 Å². The highest BCUT2D eigenvalue weighted by atomic mass is 35.5. The number of ether oxygens (including phenoxy) is 1. The second-order valence-electron chi connectivity index (χ2n) is 7.83. The third kappa shape index (κ3) is 4.57. The minimum absolute atomic E-state index is 0.0888. The van der Waals surface area contributed by atoms with Crippen LogP contribution in [0, 0.1) is 5.92 Å². The van der Waals surface area contributed by atoms with E-state index < -0.39 is 11.8 Å². The summed E-state index contributed by atoms with van der Waals surface area (Å²) in [5, 5.41) is 1.78. The average molecular weight is 419 g/mol. The van der Waals surface area contributed by atoms with E-state index in [0.717, 1.165) is 27.8 Å². The number of H-pyrrole nitrogens is 1. The lowest BCUT2D eigenvalue weighted by Crippen LogP contribution is -2.46. The molecule has 0 radical (unpaired) electrons. The van der Waals surface area contributed by atoms with Gasteiger partial charge in [-0.05, 0) is 48.2 Å². The van der Waals surface area contributed by atoms with Crippen molar-refractivity contribution >= 4 is 22.5 Å². The molecule has 0 amide bonds. The Balaban J connectivity index is 1.42. The van der Waals surface area contributed by atoms with Gasteiger partial charge in [0.1, 0.15) is 5.75 Å². The van der Waals surface area contributed by atoms with Gasteiger partial charge in [-0.2, -0.15) is 0 Å². The number of nitrogens with one attached hydrogen (secondary N) is 1. The zero-order chi connectivity index (χ0) is 20.4. The van der Waals surface area contributed by atoms with Crippen molar-refractivity contribution in [1.82, 2.24) is 9.88 Å². The second kappa shape index (κ2) is 8.33. The van der Waals surface area contributed by atoms with Crippen molar-refractivity contribution in [1.29, 1.82) is 0 Å². The molecule has 1 saturated heterocycles. The van der Waals surface area contributed by atoms with E-state index in [4.69, 9.17) is 16.3 Å². The number of piperidine rings is 1. The van der Waals surface area contributed by atoms with Crippen molar-refractivity contribution in [2.75, 3.05) is 20.2 Å². The van der Waals surface area contributed by atoms with Crippen molar-refractivity contribution in [2.24, 2.45) is 5.92 Å². The van der Waals surface area contributed by atoms with Crippen LogP contribution < -0.4 is 4.74 Å². The van der Waals surface area contributed by atoms with Crippen molar-refractivity contribution in [3.63, 3.8) is 0 Å². The topological polar surface area (TPSA) is 28.3 Å². The lowest BCUT2D eigenvalue weighted by Gasteiger charge is -2.38. The van der Waals surface area contributed by atoms with Crippen LogP contribution >= 0.6 is 11.6 Å². The monoisotopic (exact) mass is 418 g/mol. The van der Waals surface area contributed by atoms with Gasteiger partial charge in [0.25, 0.3) is 5.92 Å². The molecule has 3 aromatic rings. The number of nitrogens with zero attached hydrogens (tertiary/aromatic N) is 1. The summed E-state index contributed by atoms with van der Waals surface area (Å²) in [7, 11) is 1.62. The number of likely N-dealkylation sites (tertiary alicyclic amines) is 1. The number of rotatable bonds is 6. The highest BCUT2D eigenvalue weighted by molar-refractivity contribution is 6.31. The molecule has 1 unspecified atom stereocenters. The van der Waals surface area contributed by atoms with Crippen molar-refractivity contribution in [3.8, 4) is 5.75 Å². The molecule has 6 heteroatoms. The molecule has 1 fully saturated rings. The summed E-state index contributed by atoms with van der Waals surface area (Å²) in [6, 6.07) is 13.4. The Hall–Kier alpha value is -2.11. The third-order valence-electron chi connectivity index (χ3n) is 5.90. The number of methoxy groups -OCH3 is 1. The quantitative estimate of drug-likeness (QED) is 0.538.